The summed E-state index contributed by atoms with van der Waals surface area (Å²) in [5.41, 5.74) is 2.24. The first-order chi connectivity index (χ1) is 16.0. The maximum Gasteiger partial charge on any atom is 0.300 e. The highest BCUT2D eigenvalue weighted by Crippen LogP contribution is 2.43. The van der Waals surface area contributed by atoms with Crippen LogP contribution in [0.15, 0.2) is 66.5 Å². The van der Waals surface area contributed by atoms with E-state index < -0.39 is 17.7 Å². The Kier molecular flexibility index (Phi) is 5.26. The van der Waals surface area contributed by atoms with Crippen LogP contribution in [0.3, 0.4) is 0 Å². The molecule has 0 bridgehead atoms. The molecule has 2 aromatic carbocycles. The Hall–Kier alpha value is -3.84. The second-order valence-electron chi connectivity index (χ2n) is 7.74. The SMILES string of the molecule is Cc1ccc(N2C(=O)C(=O)/C(=C(\O)c3ccc4c(c3)OCCO4)C2c2ccncc2)cc1Cl. The van der Waals surface area contributed by atoms with Gasteiger partial charge in [0.2, 0.25) is 0 Å². The number of benzene rings is 2. The van der Waals surface area contributed by atoms with E-state index in [1.54, 1.807) is 60.9 Å². The summed E-state index contributed by atoms with van der Waals surface area (Å²) in [6.45, 7) is 2.67. The van der Waals surface area contributed by atoms with Crippen LogP contribution in [-0.2, 0) is 9.59 Å². The summed E-state index contributed by atoms with van der Waals surface area (Å²) in [7, 11) is 0. The van der Waals surface area contributed by atoms with Gasteiger partial charge in [-0.25, -0.2) is 0 Å². The van der Waals surface area contributed by atoms with Gasteiger partial charge in [-0.2, -0.15) is 0 Å². The molecule has 7 nitrogen and oxygen atoms in total. The lowest BCUT2D eigenvalue weighted by molar-refractivity contribution is -0.132. The highest BCUT2D eigenvalue weighted by Gasteiger charge is 2.47. The zero-order chi connectivity index (χ0) is 23.1. The Morgan fingerprint density at radius 2 is 1.76 bits per heavy atom. The largest absolute Gasteiger partial charge is 0.507 e. The van der Waals surface area contributed by atoms with Gasteiger partial charge in [0.1, 0.15) is 19.0 Å². The molecule has 5 rings (SSSR count). The molecule has 0 radical (unpaired) electrons. The van der Waals surface area contributed by atoms with Crippen molar-refractivity contribution in [3.05, 3.63) is 88.2 Å². The number of fused-ring (bicyclic) bond motifs is 1. The summed E-state index contributed by atoms with van der Waals surface area (Å²) in [5.74, 6) is -0.826. The average molecular weight is 463 g/mol. The van der Waals surface area contributed by atoms with Crippen molar-refractivity contribution in [3.8, 4) is 11.5 Å². The van der Waals surface area contributed by atoms with Crippen molar-refractivity contribution >= 4 is 34.7 Å². The molecule has 166 valence electrons. The fraction of sp³-hybridized carbons (Fsp3) is 0.160. The van der Waals surface area contributed by atoms with Crippen LogP contribution in [-0.4, -0.2) is 35.0 Å². The monoisotopic (exact) mass is 462 g/mol. The number of aliphatic hydroxyl groups excluding tert-OH is 1. The molecule has 8 heteroatoms. The van der Waals surface area contributed by atoms with Gasteiger partial charge in [-0.05, 0) is 60.5 Å². The number of Topliss-reactive ketones (excluding diaryl/α,β-unsaturated/α-hetero) is 1. The summed E-state index contributed by atoms with van der Waals surface area (Å²) in [4.78, 5) is 31.8. The van der Waals surface area contributed by atoms with Crippen molar-refractivity contribution in [2.75, 3.05) is 18.1 Å². The third kappa shape index (κ3) is 3.60. The van der Waals surface area contributed by atoms with Gasteiger partial charge in [0, 0.05) is 28.7 Å². The van der Waals surface area contributed by atoms with Gasteiger partial charge in [0.05, 0.1) is 11.6 Å². The van der Waals surface area contributed by atoms with E-state index in [1.807, 2.05) is 6.92 Å². The number of carbonyl (C=O) groups is 2. The molecule has 0 saturated carbocycles. The normalized spacial score (nSPS) is 19.1. The van der Waals surface area contributed by atoms with Crippen LogP contribution in [0.5, 0.6) is 11.5 Å². The van der Waals surface area contributed by atoms with Crippen molar-refractivity contribution in [2.24, 2.45) is 0 Å². The fourth-order valence-electron chi connectivity index (χ4n) is 4.04. The topological polar surface area (TPSA) is 89.0 Å². The smallest absolute Gasteiger partial charge is 0.300 e. The molecule has 0 aliphatic carbocycles. The number of halogens is 1. The number of ether oxygens (including phenoxy) is 2. The molecule has 3 heterocycles. The summed E-state index contributed by atoms with van der Waals surface area (Å²) >= 11 is 6.31. The highest BCUT2D eigenvalue weighted by molar-refractivity contribution is 6.51. The quantitative estimate of drug-likeness (QED) is 0.351. The minimum atomic E-state index is -0.861. The number of anilines is 1. The Balaban J connectivity index is 1.69. The van der Waals surface area contributed by atoms with E-state index in [1.165, 1.54) is 4.90 Å². The maximum atomic E-state index is 13.2. The van der Waals surface area contributed by atoms with E-state index in [4.69, 9.17) is 21.1 Å². The van der Waals surface area contributed by atoms with Gasteiger partial charge in [-0.1, -0.05) is 17.7 Å². The molecule has 33 heavy (non-hydrogen) atoms. The molecule has 0 spiro atoms. The number of hydrogen-bond acceptors (Lipinski definition) is 6. The number of ketones is 1. The molecule has 2 aliphatic rings. The predicted octanol–water partition coefficient (Wildman–Crippen LogP) is 4.44. The van der Waals surface area contributed by atoms with Gasteiger partial charge < -0.3 is 14.6 Å². The van der Waals surface area contributed by atoms with Crippen LogP contribution in [0.2, 0.25) is 5.02 Å². The Morgan fingerprint density at radius 3 is 2.48 bits per heavy atom. The molecule has 1 fully saturated rings. The first-order valence-electron chi connectivity index (χ1n) is 10.3. The van der Waals surface area contributed by atoms with Gasteiger partial charge in [0.25, 0.3) is 11.7 Å². The summed E-state index contributed by atoms with van der Waals surface area (Å²) < 4.78 is 11.1. The van der Waals surface area contributed by atoms with Crippen LogP contribution >= 0.6 is 11.6 Å². The second-order valence-corrected chi connectivity index (χ2v) is 8.15. The first kappa shape index (κ1) is 21.0. The van der Waals surface area contributed by atoms with Crippen molar-refractivity contribution in [1.82, 2.24) is 4.98 Å². The van der Waals surface area contributed by atoms with E-state index in [9.17, 15) is 14.7 Å². The number of amides is 1. The summed E-state index contributed by atoms with van der Waals surface area (Å²) in [6, 6.07) is 12.6. The number of aliphatic hydroxyl groups is 1. The molecule has 1 atom stereocenters. The van der Waals surface area contributed by atoms with Crippen LogP contribution in [0.25, 0.3) is 5.76 Å². The number of rotatable bonds is 3. The molecule has 1 saturated heterocycles. The van der Waals surface area contributed by atoms with E-state index >= 15 is 0 Å². The van der Waals surface area contributed by atoms with Crippen molar-refractivity contribution < 1.29 is 24.2 Å². The van der Waals surface area contributed by atoms with Gasteiger partial charge in [-0.15, -0.1) is 0 Å². The number of aromatic nitrogens is 1. The lowest BCUT2D eigenvalue weighted by atomic mass is 9.95. The van der Waals surface area contributed by atoms with Gasteiger partial charge in [0.15, 0.2) is 11.5 Å². The average Bonchev–Trinajstić information content (AvgIpc) is 3.11. The molecule has 1 unspecified atom stereocenters. The Morgan fingerprint density at radius 1 is 1.03 bits per heavy atom. The summed E-state index contributed by atoms with van der Waals surface area (Å²) in [6.07, 6.45) is 3.14. The molecule has 1 amide bonds. The van der Waals surface area contributed by atoms with E-state index in [0.717, 1.165) is 5.56 Å². The number of aryl methyl sites for hydroxylation is 1. The summed E-state index contributed by atoms with van der Waals surface area (Å²) in [5, 5.41) is 11.7. The zero-order valence-corrected chi connectivity index (χ0v) is 18.4. The highest BCUT2D eigenvalue weighted by atomic mass is 35.5. The fourth-order valence-corrected chi connectivity index (χ4v) is 4.21. The van der Waals surface area contributed by atoms with Crippen LogP contribution < -0.4 is 14.4 Å². The lowest BCUT2D eigenvalue weighted by Crippen LogP contribution is -2.29. The third-order valence-electron chi connectivity index (χ3n) is 5.72. The van der Waals surface area contributed by atoms with Crippen LogP contribution in [0.4, 0.5) is 5.69 Å². The minimum Gasteiger partial charge on any atom is -0.507 e. The molecule has 2 aliphatic heterocycles. The molecular weight excluding hydrogens is 444 g/mol. The maximum absolute atomic E-state index is 13.2. The standard InChI is InChI=1S/C25H19ClN2O5/c1-14-2-4-17(13-18(14)26)28-22(15-6-8-27-9-7-15)21(24(30)25(28)31)23(29)16-3-5-19-20(12-16)33-11-10-32-19/h2-9,12-13,22,29H,10-11H2,1H3/b23-21-. The van der Waals surface area contributed by atoms with E-state index in [2.05, 4.69) is 4.98 Å². The van der Waals surface area contributed by atoms with E-state index in [0.29, 0.717) is 46.5 Å². The van der Waals surface area contributed by atoms with Crippen molar-refractivity contribution in [2.45, 2.75) is 13.0 Å². The van der Waals surface area contributed by atoms with Gasteiger partial charge in [-0.3, -0.25) is 19.5 Å². The number of pyridine rings is 1. The molecular formula is C25H19ClN2O5. The molecule has 1 aromatic heterocycles. The number of nitrogens with zero attached hydrogens (tertiary/aromatic N) is 2. The minimum absolute atomic E-state index is 0.0282. The number of carbonyl (C=O) groups excluding carboxylic acids is 2. The Bertz CT molecular complexity index is 1310. The predicted molar refractivity (Wildman–Crippen MR) is 123 cm³/mol. The zero-order valence-electron chi connectivity index (χ0n) is 17.6. The number of hydrogen-bond donors (Lipinski definition) is 1. The molecule has 1 N–H and O–H groups in total. The van der Waals surface area contributed by atoms with Crippen LogP contribution in [0.1, 0.15) is 22.7 Å². The molecule has 3 aromatic rings. The van der Waals surface area contributed by atoms with Gasteiger partial charge >= 0.3 is 0 Å². The second kappa shape index (κ2) is 8.26. The first-order valence-corrected chi connectivity index (χ1v) is 10.7. The van der Waals surface area contributed by atoms with E-state index in [-0.39, 0.29) is 11.3 Å². The lowest BCUT2D eigenvalue weighted by Gasteiger charge is -2.26. The Labute approximate surface area is 194 Å². The third-order valence-corrected chi connectivity index (χ3v) is 6.12. The van der Waals surface area contributed by atoms with Crippen molar-refractivity contribution in [3.63, 3.8) is 0 Å². The van der Waals surface area contributed by atoms with Crippen LogP contribution in [0, 0.1) is 6.92 Å². The van der Waals surface area contributed by atoms with Crippen molar-refractivity contribution in [1.29, 1.82) is 0 Å².